The molecular formula is C84H106N8O21. The van der Waals surface area contributed by atoms with E-state index in [1.165, 1.54) is 71.4 Å². The average molecular weight is 1560 g/mol. The lowest BCUT2D eigenvalue weighted by Gasteiger charge is -2.40. The molecule has 29 heteroatoms. The normalized spacial score (nSPS) is 24.4. The highest BCUT2D eigenvalue weighted by Crippen LogP contribution is 2.43. The first-order chi connectivity index (χ1) is 53.7. The number of aliphatic hydroxyl groups is 3. The topological polar surface area (TPSA) is 413 Å². The number of urea groups is 1. The van der Waals surface area contributed by atoms with Crippen LogP contribution in [0.5, 0.6) is 11.5 Å². The van der Waals surface area contributed by atoms with Crippen LogP contribution in [0.25, 0.3) is 38.7 Å². The number of likely N-dealkylation sites (tertiary alicyclic amines) is 1. The number of hydrogen-bond donors (Lipinski definition) is 8. The second kappa shape index (κ2) is 37.0. The SMILES string of the molecule is CO[C@H]1/C=C/O[C@@]2(C)Oc3c(C)c(O)c4c(=O)c(c5oc6cc(N7CCC(C8CCN(C(=O)OCc9ccc(CC(=O)[C@H](CCCNC(N)=O)NC(=O)[C@@H](CC(=O)CCCCCN%10C(=O)C=CC%10=O)C(C)C)cc9)CC8)CC7)cc(=O)c6nc5c4c3=C2O)NC(=O)/C(C)=C\C=C\[C@H](C)[C@H](O)[C@@H](C)[C@@H](O)[C@@H](C)[C@H](OC(C)=O)[C@@H]1C. The van der Waals surface area contributed by atoms with Gasteiger partial charge in [-0.1, -0.05) is 90.5 Å². The molecule has 0 saturated carbocycles. The largest absolute Gasteiger partial charge is 0.507 e. The van der Waals surface area contributed by atoms with Crippen LogP contribution in [-0.4, -0.2) is 171 Å². The fourth-order valence-corrected chi connectivity index (χ4v) is 16.1. The van der Waals surface area contributed by atoms with Crippen LogP contribution < -0.4 is 47.4 Å². The van der Waals surface area contributed by atoms with Gasteiger partial charge in [-0.15, -0.1) is 0 Å². The van der Waals surface area contributed by atoms with Gasteiger partial charge in [0.05, 0.1) is 41.2 Å². The summed E-state index contributed by atoms with van der Waals surface area (Å²) in [5.41, 5.74) is 4.66. The molecule has 0 unspecified atom stereocenters. The number of hydrogen-bond acceptors (Lipinski definition) is 23. The Morgan fingerprint density at radius 3 is 2.12 bits per heavy atom. The Hall–Kier alpha value is -10.5. The van der Waals surface area contributed by atoms with Crippen molar-refractivity contribution < 1.29 is 91.7 Å². The summed E-state index contributed by atoms with van der Waals surface area (Å²) in [6.45, 7) is 18.6. The number of methoxy groups -OCH3 is 1. The van der Waals surface area contributed by atoms with Gasteiger partial charge in [0.2, 0.25) is 16.8 Å². The van der Waals surface area contributed by atoms with E-state index in [4.69, 9.17) is 38.8 Å². The second-order valence-electron chi connectivity index (χ2n) is 31.3. The fraction of sp³-hybridized carbons (Fsp3) is 0.524. The van der Waals surface area contributed by atoms with E-state index in [1.54, 1.807) is 75.1 Å². The van der Waals surface area contributed by atoms with Gasteiger partial charge in [-0.2, -0.15) is 0 Å². The number of primary amides is 1. The number of benzene rings is 4. The average Bonchev–Trinajstić information content (AvgIpc) is 1.65. The number of ether oxygens (including phenoxy) is 5. The smallest absolute Gasteiger partial charge is 0.410 e. The number of carbonyl (C=O) groups excluding carboxylic acids is 9. The van der Waals surface area contributed by atoms with Gasteiger partial charge in [-0.25, -0.2) is 14.6 Å². The highest BCUT2D eigenvalue weighted by atomic mass is 16.7. The molecule has 608 valence electrons. The Balaban J connectivity index is 0.794. The number of nitrogens with one attached hydrogen (secondary N) is 3. The van der Waals surface area contributed by atoms with Crippen molar-refractivity contribution in [3.63, 3.8) is 0 Å². The van der Waals surface area contributed by atoms with Crippen LogP contribution >= 0.6 is 0 Å². The van der Waals surface area contributed by atoms with Gasteiger partial charge in [0.15, 0.2) is 28.2 Å². The number of carbonyl (C=O) groups is 9. The van der Waals surface area contributed by atoms with Crippen LogP contribution in [0.2, 0.25) is 0 Å². The maximum absolute atomic E-state index is 15.2. The quantitative estimate of drug-likeness (QED) is 0.00942. The number of phenols is 1. The number of nitrogens with two attached hydrogens (primary N) is 1. The van der Waals surface area contributed by atoms with E-state index in [0.717, 1.165) is 30.6 Å². The zero-order valence-corrected chi connectivity index (χ0v) is 66.0. The third-order valence-corrected chi connectivity index (χ3v) is 23.1. The summed E-state index contributed by atoms with van der Waals surface area (Å²) in [7, 11) is 1.43. The maximum Gasteiger partial charge on any atom is 0.410 e. The van der Waals surface area contributed by atoms with Crippen molar-refractivity contribution in [2.75, 3.05) is 56.6 Å². The van der Waals surface area contributed by atoms with Gasteiger partial charge in [0.1, 0.15) is 41.2 Å². The molecule has 2 fully saturated rings. The van der Waals surface area contributed by atoms with Crippen LogP contribution in [0.15, 0.2) is 98.7 Å². The maximum atomic E-state index is 15.2. The van der Waals surface area contributed by atoms with Crippen molar-refractivity contribution in [2.24, 2.45) is 53.1 Å². The van der Waals surface area contributed by atoms with Crippen molar-refractivity contribution in [2.45, 2.75) is 189 Å². The van der Waals surface area contributed by atoms with E-state index in [-0.39, 0.29) is 130 Å². The van der Waals surface area contributed by atoms with Crippen molar-refractivity contribution in [3.05, 3.63) is 127 Å². The predicted octanol–water partition coefficient (Wildman–Crippen LogP) is 8.59. The fourth-order valence-electron chi connectivity index (χ4n) is 16.1. The molecule has 5 aliphatic heterocycles. The summed E-state index contributed by atoms with van der Waals surface area (Å²) in [6, 6.07) is 8.48. The van der Waals surface area contributed by atoms with Gasteiger partial charge in [0, 0.05) is 156 Å². The minimum absolute atomic E-state index is 0.0137. The van der Waals surface area contributed by atoms with Crippen LogP contribution in [0, 0.1) is 54.3 Å². The minimum Gasteiger partial charge on any atom is -0.507 e. The number of anilines is 2. The molecule has 9 N–H and O–H groups in total. The summed E-state index contributed by atoms with van der Waals surface area (Å²) >= 11 is 0. The van der Waals surface area contributed by atoms with Crippen molar-refractivity contribution in [1.82, 2.24) is 25.4 Å². The Morgan fingerprint density at radius 2 is 1.48 bits per heavy atom. The van der Waals surface area contributed by atoms with E-state index in [1.807, 2.05) is 13.8 Å². The number of amides is 7. The van der Waals surface area contributed by atoms with E-state index in [0.29, 0.717) is 80.5 Å². The molecule has 4 bridgehead atoms. The summed E-state index contributed by atoms with van der Waals surface area (Å²) in [5, 5.41) is 55.3. The first-order valence-electron chi connectivity index (χ1n) is 39.0. The van der Waals surface area contributed by atoms with E-state index in [9.17, 15) is 68.4 Å². The lowest BCUT2D eigenvalue weighted by Crippen LogP contribution is -2.46. The van der Waals surface area contributed by atoms with Gasteiger partial charge < -0.3 is 80.0 Å². The number of piperidine rings is 2. The van der Waals surface area contributed by atoms with Crippen LogP contribution in [0.1, 0.15) is 150 Å². The number of fused-ring (bicyclic) bond motifs is 2. The van der Waals surface area contributed by atoms with Crippen LogP contribution in [-0.2, 0) is 65.5 Å². The molecule has 0 radical (unpaired) electrons. The number of aromatic hydroxyl groups is 1. The van der Waals surface area contributed by atoms with E-state index in [2.05, 4.69) is 20.9 Å². The first kappa shape index (κ1) is 84.9. The van der Waals surface area contributed by atoms with Gasteiger partial charge in [-0.05, 0) is 100 Å². The van der Waals surface area contributed by atoms with Crippen molar-refractivity contribution in [1.29, 1.82) is 0 Å². The standard InChI is InChI=1S/C84H106N8O21/c1-44(2)58(42-57(94)19-13-12-14-33-92-64(97)25-26-65(92)98)81(105)87-59(20-16-32-86-82(85)106)60(95)39-52-21-23-53(24-22-52)43-109-83(107)91-36-29-55(30-37-91)54-27-34-90(35-28-54)56-40-61(96)69-63(41-56)112-78-70(88-69)66-67-74(101)50(8)77-68(66)79(103)84(10,113-77)110-38-31-62(108-11)47(5)76(111-51(9)93)49(7)73(100)48(6)72(99)45(3)17-15-18-46(4)80(104)89-71(78)75(67)102/h15,17-18,21-26,31,38,40-41,44-45,47-49,54-55,58-59,62,72-73,76,99-101,103H,12-14,16,19-20,27-30,32-37,39,42-43H2,1-11H3,(H,87,105)(H,89,104)(H3,85,86,106)/b17-15+,38-31+,46-18-/t45-,47+,48+,49+,58-,59-,62-,72-,73+,76+,84-/m0/s1. The van der Waals surface area contributed by atoms with Gasteiger partial charge in [0.25, 0.3) is 17.7 Å². The summed E-state index contributed by atoms with van der Waals surface area (Å²) < 4.78 is 36.7. The Morgan fingerprint density at radius 1 is 0.814 bits per heavy atom. The molecule has 5 aliphatic rings. The monoisotopic (exact) mass is 1560 g/mol. The van der Waals surface area contributed by atoms with Crippen molar-refractivity contribution >= 4 is 103 Å². The lowest BCUT2D eigenvalue weighted by molar-refractivity contribution is -0.160. The number of rotatable bonds is 24. The molecule has 10 rings (SSSR count). The van der Waals surface area contributed by atoms with E-state index >= 15 is 4.79 Å². The molecule has 0 spiro atoms. The van der Waals surface area contributed by atoms with Crippen LogP contribution in [0.3, 0.4) is 0 Å². The third-order valence-electron chi connectivity index (χ3n) is 23.1. The second-order valence-corrected chi connectivity index (χ2v) is 31.3. The number of imide groups is 1. The highest BCUT2D eigenvalue weighted by Gasteiger charge is 2.45. The molecule has 1 aromatic heterocycles. The summed E-state index contributed by atoms with van der Waals surface area (Å²) in [6.07, 6.45) is 10.6. The Bertz CT molecular complexity index is 4750. The zero-order valence-electron chi connectivity index (χ0n) is 66.0. The zero-order chi connectivity index (χ0) is 82.0. The number of esters is 1. The van der Waals surface area contributed by atoms with Gasteiger partial charge >= 0.3 is 23.9 Å². The highest BCUT2D eigenvalue weighted by molar-refractivity contribution is 6.17. The lowest BCUT2D eigenvalue weighted by atomic mass is 9.78. The third kappa shape index (κ3) is 19.6. The molecule has 6 heterocycles. The Labute approximate surface area is 654 Å². The Kier molecular flexibility index (Phi) is 27.8. The number of nitrogens with zero attached hydrogens (tertiary/aromatic N) is 4. The van der Waals surface area contributed by atoms with Gasteiger partial charge in [-0.3, -0.25) is 48.1 Å². The summed E-state index contributed by atoms with van der Waals surface area (Å²) in [4.78, 5) is 156. The van der Waals surface area contributed by atoms with Crippen LogP contribution in [0.4, 0.5) is 21.0 Å². The number of Topliss-reactive ketones (excluding diaryl/α,β-unsaturated/α-hetero) is 2. The predicted molar refractivity (Wildman–Crippen MR) is 421 cm³/mol. The number of unbranched alkanes of at least 4 members (excludes halogenated alkanes) is 2. The molecule has 29 nitrogen and oxygen atoms in total. The number of aromatic nitrogens is 1. The first-order valence-corrected chi connectivity index (χ1v) is 39.0. The number of ketones is 2. The molecule has 7 amide bonds. The molecule has 4 aromatic carbocycles. The molecular weight excluding hydrogens is 1460 g/mol. The molecule has 5 aromatic rings. The molecule has 11 atom stereocenters. The van der Waals surface area contributed by atoms with Crippen molar-refractivity contribution in [3.8, 4) is 11.5 Å². The molecule has 113 heavy (non-hydrogen) atoms. The molecule has 2 saturated heterocycles. The number of aliphatic hydroxyl groups excluding tert-OH is 3. The summed E-state index contributed by atoms with van der Waals surface area (Å²) in [5.74, 6) is -9.29. The minimum atomic E-state index is -2.05. The van der Waals surface area contributed by atoms with E-state index < -0.39 is 124 Å². The number of phenolic OH excluding ortho intramolecular Hbond substituents is 1. The number of allylic oxidation sites excluding steroid dienone is 2. The molecule has 0 aliphatic carbocycles.